The van der Waals surface area contributed by atoms with Gasteiger partial charge in [0.05, 0.1) is 11.0 Å². The van der Waals surface area contributed by atoms with Crippen molar-refractivity contribution < 1.29 is 8.42 Å². The summed E-state index contributed by atoms with van der Waals surface area (Å²) in [6.07, 6.45) is 3.92. The van der Waals surface area contributed by atoms with Gasteiger partial charge in [-0.15, -0.1) is 0 Å². The topological polar surface area (TPSA) is 60.2 Å². The molecule has 2 rings (SSSR count). The summed E-state index contributed by atoms with van der Waals surface area (Å²) in [5, 5.41) is -0.258. The lowest BCUT2D eigenvalue weighted by molar-refractivity contribution is 0.275. The minimum Gasteiger partial charge on any atom is -0.330 e. The summed E-state index contributed by atoms with van der Waals surface area (Å²) in [5.74, 6) is 0.811. The number of hydrogen-bond acceptors (Lipinski definition) is 3. The minimum atomic E-state index is -3.12. The summed E-state index contributed by atoms with van der Waals surface area (Å²) in [7, 11) is -3.12. The molecule has 0 saturated heterocycles. The van der Waals surface area contributed by atoms with Gasteiger partial charge in [0.25, 0.3) is 0 Å². The Bertz CT molecular complexity index is 513. The molecule has 0 aliphatic heterocycles. The maximum absolute atomic E-state index is 12.7. The molecule has 2 N–H and O–H groups in total. The molecule has 1 saturated carbocycles. The van der Waals surface area contributed by atoms with Crippen molar-refractivity contribution in [3.63, 3.8) is 0 Å². The van der Waals surface area contributed by atoms with Gasteiger partial charge in [0, 0.05) is 0 Å². The molecular weight excluding hydrogens is 270 g/mol. The van der Waals surface area contributed by atoms with Crippen LogP contribution in [0.1, 0.15) is 38.2 Å². The fraction of sp³-hybridized carbons (Fsp3) is 0.625. The Morgan fingerprint density at radius 2 is 1.90 bits per heavy atom. The fourth-order valence-corrected chi connectivity index (χ4v) is 5.54. The Labute approximate surface area is 122 Å². The van der Waals surface area contributed by atoms with Crippen molar-refractivity contribution in [2.45, 2.75) is 43.6 Å². The zero-order valence-electron chi connectivity index (χ0n) is 12.2. The number of hydrogen-bond donors (Lipinski definition) is 1. The van der Waals surface area contributed by atoms with E-state index in [4.69, 9.17) is 5.73 Å². The van der Waals surface area contributed by atoms with Crippen LogP contribution in [0, 0.1) is 11.8 Å². The van der Waals surface area contributed by atoms with Crippen LogP contribution >= 0.6 is 0 Å². The molecule has 112 valence electrons. The van der Waals surface area contributed by atoms with Gasteiger partial charge in [-0.3, -0.25) is 0 Å². The molecule has 0 heterocycles. The van der Waals surface area contributed by atoms with E-state index in [-0.39, 0.29) is 16.9 Å². The maximum Gasteiger partial charge on any atom is 0.157 e. The number of sulfone groups is 1. The van der Waals surface area contributed by atoms with E-state index in [1.54, 1.807) is 0 Å². The molecule has 0 amide bonds. The first-order valence-electron chi connectivity index (χ1n) is 7.52. The molecule has 1 aliphatic rings. The normalized spacial score (nSPS) is 27.4. The zero-order chi connectivity index (χ0) is 14.6. The highest BCUT2D eigenvalue weighted by Crippen LogP contribution is 2.35. The smallest absolute Gasteiger partial charge is 0.157 e. The summed E-state index contributed by atoms with van der Waals surface area (Å²) >= 11 is 0. The summed E-state index contributed by atoms with van der Waals surface area (Å²) in [4.78, 5) is 0. The standard InChI is InChI=1S/C16H25NO2S/c1-2-13-8-9-15(11-17)16(10-13)20(18,19)12-14-6-4-3-5-7-14/h3-7,13,15-16H,2,8-12,17H2,1H3. The van der Waals surface area contributed by atoms with Crippen LogP contribution in [0.5, 0.6) is 0 Å². The molecule has 4 heteroatoms. The third-order valence-corrected chi connectivity index (χ3v) is 6.82. The fourth-order valence-electron chi connectivity index (χ4n) is 3.27. The van der Waals surface area contributed by atoms with E-state index < -0.39 is 9.84 Å². The average molecular weight is 295 g/mol. The van der Waals surface area contributed by atoms with E-state index >= 15 is 0 Å². The first kappa shape index (κ1) is 15.5. The van der Waals surface area contributed by atoms with Gasteiger partial charge >= 0.3 is 0 Å². The average Bonchev–Trinajstić information content (AvgIpc) is 2.47. The second kappa shape index (κ2) is 6.72. The van der Waals surface area contributed by atoms with Crippen LogP contribution < -0.4 is 5.73 Å². The lowest BCUT2D eigenvalue weighted by Crippen LogP contribution is -2.40. The van der Waals surface area contributed by atoms with Crippen molar-refractivity contribution in [2.24, 2.45) is 17.6 Å². The third-order valence-electron chi connectivity index (χ3n) is 4.59. The molecule has 0 spiro atoms. The van der Waals surface area contributed by atoms with Crippen LogP contribution in [-0.2, 0) is 15.6 Å². The van der Waals surface area contributed by atoms with Crippen molar-refractivity contribution in [1.29, 1.82) is 0 Å². The van der Waals surface area contributed by atoms with E-state index in [1.807, 2.05) is 30.3 Å². The van der Waals surface area contributed by atoms with Crippen LogP contribution in [0.3, 0.4) is 0 Å². The molecular formula is C16H25NO2S. The summed E-state index contributed by atoms with van der Waals surface area (Å²) in [5.41, 5.74) is 6.68. The Morgan fingerprint density at radius 1 is 1.20 bits per heavy atom. The molecule has 3 unspecified atom stereocenters. The van der Waals surface area contributed by atoms with Crippen LogP contribution in [0.15, 0.2) is 30.3 Å². The zero-order valence-corrected chi connectivity index (χ0v) is 13.0. The molecule has 0 radical (unpaired) electrons. The Balaban J connectivity index is 2.17. The molecule has 0 aromatic heterocycles. The third kappa shape index (κ3) is 3.61. The van der Waals surface area contributed by atoms with Crippen molar-refractivity contribution in [3.8, 4) is 0 Å². The second-order valence-corrected chi connectivity index (χ2v) is 8.13. The molecule has 1 aromatic rings. The van der Waals surface area contributed by atoms with Crippen LogP contribution in [0.4, 0.5) is 0 Å². The van der Waals surface area contributed by atoms with Gasteiger partial charge in [-0.1, -0.05) is 50.1 Å². The lowest BCUT2D eigenvalue weighted by atomic mass is 9.80. The maximum atomic E-state index is 12.7. The highest BCUT2D eigenvalue weighted by Gasteiger charge is 2.37. The largest absolute Gasteiger partial charge is 0.330 e. The lowest BCUT2D eigenvalue weighted by Gasteiger charge is -2.35. The Hall–Kier alpha value is -0.870. The molecule has 3 atom stereocenters. The van der Waals surface area contributed by atoms with Crippen molar-refractivity contribution in [1.82, 2.24) is 0 Å². The van der Waals surface area contributed by atoms with E-state index in [9.17, 15) is 8.42 Å². The SMILES string of the molecule is CCC1CCC(CN)C(S(=O)(=O)Cc2ccccc2)C1. The van der Waals surface area contributed by atoms with Gasteiger partial charge < -0.3 is 5.73 Å². The number of benzene rings is 1. The monoisotopic (exact) mass is 295 g/mol. The summed E-state index contributed by atoms with van der Waals surface area (Å²) in [6.45, 7) is 2.63. The van der Waals surface area contributed by atoms with E-state index in [0.717, 1.165) is 31.2 Å². The Morgan fingerprint density at radius 3 is 2.50 bits per heavy atom. The molecule has 1 aromatic carbocycles. The molecule has 20 heavy (non-hydrogen) atoms. The Kier molecular flexibility index (Phi) is 5.22. The predicted molar refractivity (Wildman–Crippen MR) is 83.0 cm³/mol. The van der Waals surface area contributed by atoms with Crippen molar-refractivity contribution >= 4 is 9.84 Å². The van der Waals surface area contributed by atoms with E-state index in [1.165, 1.54) is 0 Å². The van der Waals surface area contributed by atoms with Crippen LogP contribution in [0.2, 0.25) is 0 Å². The first-order valence-corrected chi connectivity index (χ1v) is 9.24. The second-order valence-electron chi connectivity index (χ2n) is 5.91. The predicted octanol–water partition coefficient (Wildman–Crippen LogP) is 2.76. The molecule has 0 bridgehead atoms. The van der Waals surface area contributed by atoms with Gasteiger partial charge in [0.2, 0.25) is 0 Å². The van der Waals surface area contributed by atoms with Crippen molar-refractivity contribution in [2.75, 3.05) is 6.54 Å². The van der Waals surface area contributed by atoms with E-state index in [2.05, 4.69) is 6.92 Å². The van der Waals surface area contributed by atoms with Gasteiger partial charge in [-0.2, -0.15) is 0 Å². The number of nitrogens with two attached hydrogens (primary N) is 1. The van der Waals surface area contributed by atoms with Gasteiger partial charge in [0.1, 0.15) is 0 Å². The van der Waals surface area contributed by atoms with Crippen LogP contribution in [-0.4, -0.2) is 20.2 Å². The first-order chi connectivity index (χ1) is 9.56. The van der Waals surface area contributed by atoms with E-state index in [0.29, 0.717) is 12.5 Å². The van der Waals surface area contributed by atoms with Gasteiger partial charge in [0.15, 0.2) is 9.84 Å². The van der Waals surface area contributed by atoms with Crippen molar-refractivity contribution in [3.05, 3.63) is 35.9 Å². The quantitative estimate of drug-likeness (QED) is 0.908. The minimum absolute atomic E-state index is 0.131. The van der Waals surface area contributed by atoms with Crippen LogP contribution in [0.25, 0.3) is 0 Å². The van der Waals surface area contributed by atoms with Gasteiger partial charge in [-0.25, -0.2) is 8.42 Å². The van der Waals surface area contributed by atoms with Gasteiger partial charge in [-0.05, 0) is 36.8 Å². The molecule has 3 nitrogen and oxygen atoms in total. The number of rotatable bonds is 5. The summed E-state index contributed by atoms with van der Waals surface area (Å²) < 4.78 is 25.5. The molecule has 1 fully saturated rings. The highest BCUT2D eigenvalue weighted by molar-refractivity contribution is 7.91. The molecule has 1 aliphatic carbocycles. The summed E-state index contributed by atoms with van der Waals surface area (Å²) in [6, 6.07) is 9.46. The highest BCUT2D eigenvalue weighted by atomic mass is 32.2.